The molecule has 9 nitrogen and oxygen atoms in total. The Labute approximate surface area is 227 Å². The van der Waals surface area contributed by atoms with E-state index in [1.54, 1.807) is 61.5 Å². The number of nitrogens with zero attached hydrogens (tertiary/aromatic N) is 1. The predicted octanol–water partition coefficient (Wildman–Crippen LogP) is 2.55. The highest BCUT2D eigenvalue weighted by Gasteiger charge is 2.28. The van der Waals surface area contributed by atoms with Gasteiger partial charge in [0.05, 0.1) is 29.8 Å². The quantitative estimate of drug-likeness (QED) is 0.285. The van der Waals surface area contributed by atoms with Crippen LogP contribution in [-0.4, -0.2) is 56.2 Å². The Morgan fingerprint density at radius 1 is 0.974 bits per heavy atom. The number of nitrogens with one attached hydrogen (secondary N) is 2. The number of carbonyl (C=O) groups excluding carboxylic acids is 2. The number of hydrogen-bond acceptors (Lipinski definition) is 6. The van der Waals surface area contributed by atoms with E-state index >= 15 is 0 Å². The number of benzene rings is 3. The van der Waals surface area contributed by atoms with Gasteiger partial charge < -0.3 is 20.8 Å². The Bertz CT molecular complexity index is 1390. The van der Waals surface area contributed by atoms with Crippen molar-refractivity contribution in [2.24, 2.45) is 0 Å². The monoisotopic (exact) mass is 559 g/mol. The molecular formula is C27H30ClN3O6S. The van der Waals surface area contributed by atoms with Crippen molar-refractivity contribution in [3.63, 3.8) is 0 Å². The minimum Gasteiger partial charge on any atom is -0.394 e. The highest BCUT2D eigenvalue weighted by molar-refractivity contribution is 7.92. The van der Waals surface area contributed by atoms with Gasteiger partial charge in [-0.2, -0.15) is 0 Å². The van der Waals surface area contributed by atoms with Crippen molar-refractivity contribution in [3.05, 3.63) is 94.0 Å². The topological polar surface area (TPSA) is 136 Å². The summed E-state index contributed by atoms with van der Waals surface area (Å²) in [5.74, 6) is -1.05. The molecule has 0 unspecified atom stereocenters. The Hall–Kier alpha value is -3.44. The summed E-state index contributed by atoms with van der Waals surface area (Å²) in [6.45, 7) is 2.25. The number of halogens is 1. The van der Waals surface area contributed by atoms with Crippen LogP contribution in [0.15, 0.2) is 71.6 Å². The first-order valence-electron chi connectivity index (χ1n) is 11.8. The Morgan fingerprint density at radius 2 is 1.63 bits per heavy atom. The first-order chi connectivity index (χ1) is 18.1. The van der Waals surface area contributed by atoms with E-state index in [0.29, 0.717) is 16.1 Å². The Balaban J connectivity index is 1.80. The molecule has 4 N–H and O–H groups in total. The lowest BCUT2D eigenvalue weighted by Crippen LogP contribution is -2.41. The molecular weight excluding hydrogens is 530 g/mol. The third-order valence-corrected chi connectivity index (χ3v) is 8.04. The maximum Gasteiger partial charge on any atom is 0.264 e. The average molecular weight is 560 g/mol. The minimum atomic E-state index is -4.10. The van der Waals surface area contributed by atoms with E-state index in [0.717, 1.165) is 9.87 Å². The van der Waals surface area contributed by atoms with Crippen LogP contribution < -0.4 is 14.9 Å². The number of rotatable bonds is 11. The van der Waals surface area contributed by atoms with Crippen LogP contribution in [0.5, 0.6) is 0 Å². The molecule has 0 aliphatic carbocycles. The van der Waals surface area contributed by atoms with Gasteiger partial charge in [0, 0.05) is 17.1 Å². The third-order valence-electron chi connectivity index (χ3n) is 5.86. The normalized spacial score (nSPS) is 11.3. The molecule has 3 aromatic rings. The van der Waals surface area contributed by atoms with Gasteiger partial charge in [0.1, 0.15) is 6.54 Å². The fourth-order valence-corrected chi connectivity index (χ4v) is 5.28. The third kappa shape index (κ3) is 7.11. The molecule has 202 valence electrons. The van der Waals surface area contributed by atoms with Gasteiger partial charge in [0.15, 0.2) is 0 Å². The van der Waals surface area contributed by atoms with E-state index in [2.05, 4.69) is 10.6 Å². The van der Waals surface area contributed by atoms with Crippen molar-refractivity contribution in [2.75, 3.05) is 24.1 Å². The highest BCUT2D eigenvalue weighted by Crippen LogP contribution is 2.30. The van der Waals surface area contributed by atoms with Crippen LogP contribution in [0, 0.1) is 13.8 Å². The molecule has 0 aliphatic rings. The summed E-state index contributed by atoms with van der Waals surface area (Å²) < 4.78 is 28.2. The molecule has 0 saturated heterocycles. The zero-order chi connectivity index (χ0) is 27.9. The van der Waals surface area contributed by atoms with Crippen LogP contribution in [0.3, 0.4) is 0 Å². The molecule has 3 rings (SSSR count). The lowest BCUT2D eigenvalue weighted by molar-refractivity contribution is -0.119. The van der Waals surface area contributed by atoms with E-state index in [9.17, 15) is 28.2 Å². The van der Waals surface area contributed by atoms with Crippen molar-refractivity contribution >= 4 is 39.1 Å². The van der Waals surface area contributed by atoms with Gasteiger partial charge in [0.2, 0.25) is 5.91 Å². The van der Waals surface area contributed by atoms with Gasteiger partial charge in [-0.3, -0.25) is 13.9 Å². The maximum atomic E-state index is 13.6. The van der Waals surface area contributed by atoms with Crippen molar-refractivity contribution < 1.29 is 28.2 Å². The number of amides is 2. The molecule has 0 radical (unpaired) electrons. The van der Waals surface area contributed by atoms with E-state index in [1.165, 1.54) is 12.1 Å². The molecule has 38 heavy (non-hydrogen) atoms. The van der Waals surface area contributed by atoms with Crippen molar-refractivity contribution in [3.8, 4) is 0 Å². The molecule has 3 aromatic carbocycles. The molecule has 0 spiro atoms. The summed E-state index contributed by atoms with van der Waals surface area (Å²) in [6.07, 6.45) is 0. The minimum absolute atomic E-state index is 0.0380. The molecule has 0 bridgehead atoms. The first-order valence-corrected chi connectivity index (χ1v) is 13.6. The highest BCUT2D eigenvalue weighted by atomic mass is 35.5. The number of aliphatic hydroxyl groups excluding tert-OH is 2. The SMILES string of the molecule is Cc1ccc(S(=O)(=O)N(CC(=O)NCc2cccc(C(=O)NC(CO)CO)c2)c2cccc(Cl)c2C)cc1. The molecule has 2 amide bonds. The standard InChI is InChI=1S/C27H30ClN3O6S/c1-18-9-11-23(12-10-18)38(36,37)31(25-8-4-7-24(28)19(25)2)15-26(34)29-14-20-5-3-6-21(13-20)27(35)30-22(16-32)17-33/h3-13,22,32-33H,14-17H2,1-2H3,(H,29,34)(H,30,35). The number of aryl methyl sites for hydroxylation is 1. The summed E-state index contributed by atoms with van der Waals surface area (Å²) in [6, 6.07) is 16.9. The second-order valence-corrected chi connectivity index (χ2v) is 11.0. The van der Waals surface area contributed by atoms with Crippen molar-refractivity contribution in [1.29, 1.82) is 0 Å². The predicted molar refractivity (Wildman–Crippen MR) is 146 cm³/mol. The largest absolute Gasteiger partial charge is 0.394 e. The zero-order valence-corrected chi connectivity index (χ0v) is 22.6. The molecule has 0 saturated carbocycles. The van der Waals surface area contributed by atoms with Crippen LogP contribution in [0.25, 0.3) is 0 Å². The van der Waals surface area contributed by atoms with E-state index in [4.69, 9.17) is 11.6 Å². The molecule has 0 heterocycles. The van der Waals surface area contributed by atoms with Gasteiger partial charge in [-0.15, -0.1) is 0 Å². The summed E-state index contributed by atoms with van der Waals surface area (Å²) in [5, 5.41) is 23.9. The fourth-order valence-electron chi connectivity index (χ4n) is 3.63. The van der Waals surface area contributed by atoms with Gasteiger partial charge in [-0.25, -0.2) is 8.42 Å². The second kappa shape index (κ2) is 12.9. The summed E-state index contributed by atoms with van der Waals surface area (Å²) in [7, 11) is -4.10. The van der Waals surface area contributed by atoms with Gasteiger partial charge in [-0.05, 0) is 61.4 Å². The summed E-state index contributed by atoms with van der Waals surface area (Å²) in [4.78, 5) is 25.4. The lowest BCUT2D eigenvalue weighted by Gasteiger charge is -2.26. The molecule has 0 aliphatic heterocycles. The summed E-state index contributed by atoms with van der Waals surface area (Å²) in [5.41, 5.74) is 2.57. The van der Waals surface area contributed by atoms with Gasteiger partial charge >= 0.3 is 0 Å². The summed E-state index contributed by atoms with van der Waals surface area (Å²) >= 11 is 6.26. The second-order valence-electron chi connectivity index (χ2n) is 8.72. The lowest BCUT2D eigenvalue weighted by atomic mass is 10.1. The molecule has 0 atom stereocenters. The van der Waals surface area contributed by atoms with Crippen LogP contribution in [-0.2, 0) is 21.4 Å². The van der Waals surface area contributed by atoms with E-state index < -0.39 is 47.6 Å². The smallest absolute Gasteiger partial charge is 0.264 e. The number of sulfonamides is 1. The van der Waals surface area contributed by atoms with Crippen LogP contribution in [0.2, 0.25) is 5.02 Å². The van der Waals surface area contributed by atoms with Crippen molar-refractivity contribution in [1.82, 2.24) is 10.6 Å². The maximum absolute atomic E-state index is 13.6. The molecule has 0 fully saturated rings. The number of anilines is 1. The van der Waals surface area contributed by atoms with E-state index in [-0.39, 0.29) is 22.7 Å². The van der Waals surface area contributed by atoms with Crippen LogP contribution >= 0.6 is 11.6 Å². The fraction of sp³-hybridized carbons (Fsp3) is 0.259. The van der Waals surface area contributed by atoms with Crippen LogP contribution in [0.4, 0.5) is 5.69 Å². The average Bonchev–Trinajstić information content (AvgIpc) is 2.91. The van der Waals surface area contributed by atoms with Gasteiger partial charge in [0.25, 0.3) is 15.9 Å². The molecule has 11 heteroatoms. The zero-order valence-electron chi connectivity index (χ0n) is 21.0. The number of hydrogen-bond donors (Lipinski definition) is 4. The number of aliphatic hydroxyl groups is 2. The Kier molecular flexibility index (Phi) is 9.87. The van der Waals surface area contributed by atoms with Gasteiger partial charge in [-0.1, -0.05) is 47.5 Å². The van der Waals surface area contributed by atoms with E-state index in [1.807, 2.05) is 6.92 Å². The Morgan fingerprint density at radius 3 is 2.29 bits per heavy atom. The first kappa shape index (κ1) is 29.1. The van der Waals surface area contributed by atoms with Crippen LogP contribution in [0.1, 0.15) is 27.0 Å². The van der Waals surface area contributed by atoms with Crippen molar-refractivity contribution in [2.45, 2.75) is 31.3 Å². The molecule has 0 aromatic heterocycles. The number of carbonyl (C=O) groups is 2.